The molecule has 0 bridgehead atoms. The molecule has 3 heterocycles. The van der Waals surface area contributed by atoms with E-state index in [1.54, 1.807) is 30.3 Å². The summed E-state index contributed by atoms with van der Waals surface area (Å²) in [5.74, 6) is -0.886. The monoisotopic (exact) mass is 567 g/mol. The number of likely N-dealkylation sites (tertiary alicyclic amines) is 1. The molecule has 40 heavy (non-hydrogen) atoms. The number of hydrogen-bond donors (Lipinski definition) is 1. The Morgan fingerprint density at radius 2 is 1.95 bits per heavy atom. The summed E-state index contributed by atoms with van der Waals surface area (Å²) in [4.78, 5) is 18.7. The Hall–Kier alpha value is -3.53. The van der Waals surface area contributed by atoms with Gasteiger partial charge in [-0.15, -0.1) is 0 Å². The quantitative estimate of drug-likeness (QED) is 0.266. The highest BCUT2D eigenvalue weighted by molar-refractivity contribution is 6.30. The van der Waals surface area contributed by atoms with Crippen molar-refractivity contribution < 1.29 is 28.2 Å². The number of imidazole rings is 1. The molecule has 1 N–H and O–H groups in total. The number of fused-ring (bicyclic) bond motifs is 1. The zero-order valence-corrected chi connectivity index (χ0v) is 22.4. The van der Waals surface area contributed by atoms with Gasteiger partial charge in [-0.2, -0.15) is 0 Å². The van der Waals surface area contributed by atoms with Crippen molar-refractivity contribution in [2.45, 2.75) is 44.6 Å². The molecule has 2 aliphatic rings. The topological polar surface area (TPSA) is 76.8 Å². The maximum Gasteiger partial charge on any atom is 0.335 e. The normalized spacial score (nSPS) is 19.2. The standard InChI is InChI=1S/C30H28ClF2N3O4/c31-22-3-6-28(25(33)13-22)40-17-21-11-18(1-4-24(21)32)20-7-9-35(14-20)16-29-34-26-5-2-19(30(37)38)12-27(26)36(29)15-23-8-10-39-23/h1-6,11-13,20,23H,7-10,14-17H2,(H,37,38)/t20-,23+/m1/s1. The van der Waals surface area contributed by atoms with Crippen molar-refractivity contribution in [2.24, 2.45) is 0 Å². The molecule has 10 heteroatoms. The SMILES string of the molecule is O=C(O)c1ccc2nc(CN3CC[C@@H](c4ccc(F)c(COc5ccc(Cl)cc5F)c4)C3)n(C[C@@H]3CCO3)c2c1. The lowest BCUT2D eigenvalue weighted by Gasteiger charge is -2.28. The first kappa shape index (κ1) is 26.7. The van der Waals surface area contributed by atoms with Gasteiger partial charge in [0.2, 0.25) is 0 Å². The van der Waals surface area contributed by atoms with Crippen LogP contribution in [0, 0.1) is 11.6 Å². The zero-order valence-electron chi connectivity index (χ0n) is 21.7. The molecule has 6 rings (SSSR count). The van der Waals surface area contributed by atoms with E-state index >= 15 is 0 Å². The second kappa shape index (κ2) is 11.2. The van der Waals surface area contributed by atoms with Crippen LogP contribution in [0.3, 0.4) is 0 Å². The van der Waals surface area contributed by atoms with Crippen LogP contribution < -0.4 is 4.74 Å². The third-order valence-corrected chi connectivity index (χ3v) is 7.94. The third kappa shape index (κ3) is 5.54. The third-order valence-electron chi connectivity index (χ3n) is 7.71. The van der Waals surface area contributed by atoms with Crippen molar-refractivity contribution in [2.75, 3.05) is 19.7 Å². The van der Waals surface area contributed by atoms with E-state index in [-0.39, 0.29) is 35.0 Å². The Morgan fingerprint density at radius 3 is 2.70 bits per heavy atom. The number of benzene rings is 3. The number of carboxylic acids is 1. The summed E-state index contributed by atoms with van der Waals surface area (Å²) >= 11 is 5.80. The molecule has 208 valence electrons. The van der Waals surface area contributed by atoms with E-state index in [9.17, 15) is 18.7 Å². The van der Waals surface area contributed by atoms with E-state index in [0.29, 0.717) is 18.7 Å². The number of ether oxygens (including phenoxy) is 2. The molecule has 0 radical (unpaired) electrons. The van der Waals surface area contributed by atoms with Crippen LogP contribution in [0.4, 0.5) is 8.78 Å². The first-order valence-electron chi connectivity index (χ1n) is 13.3. The number of carbonyl (C=O) groups is 1. The minimum atomic E-state index is -0.971. The molecule has 2 saturated heterocycles. The molecule has 0 unspecified atom stereocenters. The number of nitrogens with zero attached hydrogens (tertiary/aromatic N) is 3. The second-order valence-electron chi connectivity index (χ2n) is 10.4. The van der Waals surface area contributed by atoms with Crippen LogP contribution in [-0.2, 0) is 24.4 Å². The molecule has 4 aromatic rings. The lowest BCUT2D eigenvalue weighted by molar-refractivity contribution is -0.0591. The van der Waals surface area contributed by atoms with Gasteiger partial charge in [0.1, 0.15) is 18.2 Å². The van der Waals surface area contributed by atoms with E-state index in [1.165, 1.54) is 18.2 Å². The first-order valence-corrected chi connectivity index (χ1v) is 13.6. The lowest BCUT2D eigenvalue weighted by Crippen LogP contribution is -2.32. The van der Waals surface area contributed by atoms with Gasteiger partial charge in [-0.25, -0.2) is 18.6 Å². The van der Waals surface area contributed by atoms with E-state index in [0.717, 1.165) is 61.0 Å². The number of carboxylic acid groups (broad SMARTS) is 1. The first-order chi connectivity index (χ1) is 19.3. The Labute approximate surface area is 234 Å². The van der Waals surface area contributed by atoms with Crippen molar-refractivity contribution in [1.29, 1.82) is 0 Å². The van der Waals surface area contributed by atoms with Gasteiger partial charge < -0.3 is 19.1 Å². The van der Waals surface area contributed by atoms with Gasteiger partial charge in [-0.3, -0.25) is 4.90 Å². The fraction of sp³-hybridized carbons (Fsp3) is 0.333. The maximum atomic E-state index is 14.6. The van der Waals surface area contributed by atoms with Crippen LogP contribution in [-0.4, -0.2) is 51.3 Å². The van der Waals surface area contributed by atoms with Crippen LogP contribution >= 0.6 is 11.6 Å². The van der Waals surface area contributed by atoms with Crippen molar-refractivity contribution in [1.82, 2.24) is 14.5 Å². The smallest absolute Gasteiger partial charge is 0.335 e. The van der Waals surface area contributed by atoms with E-state index in [1.807, 2.05) is 0 Å². The number of aromatic carboxylic acids is 1. The second-order valence-corrected chi connectivity index (χ2v) is 10.8. The maximum absolute atomic E-state index is 14.6. The number of hydrogen-bond acceptors (Lipinski definition) is 5. The molecule has 3 aromatic carbocycles. The van der Waals surface area contributed by atoms with Crippen molar-refractivity contribution >= 4 is 28.6 Å². The molecule has 7 nitrogen and oxygen atoms in total. The summed E-state index contributed by atoms with van der Waals surface area (Å²) in [5, 5.41) is 9.75. The fourth-order valence-electron chi connectivity index (χ4n) is 5.42. The van der Waals surface area contributed by atoms with Crippen molar-refractivity contribution in [3.05, 3.63) is 93.8 Å². The Balaban J connectivity index is 1.17. The minimum absolute atomic E-state index is 0.0203. The Bertz CT molecular complexity index is 1570. The summed E-state index contributed by atoms with van der Waals surface area (Å²) < 4.78 is 42.0. The van der Waals surface area contributed by atoms with Crippen molar-refractivity contribution in [3.63, 3.8) is 0 Å². The highest BCUT2D eigenvalue weighted by Gasteiger charge is 2.28. The summed E-state index contributed by atoms with van der Waals surface area (Å²) in [5.41, 5.74) is 3.14. The highest BCUT2D eigenvalue weighted by atomic mass is 35.5. The van der Waals surface area contributed by atoms with Gasteiger partial charge in [-0.05, 0) is 79.4 Å². The number of aromatic nitrogens is 2. The van der Waals surface area contributed by atoms with E-state index in [2.05, 4.69) is 9.47 Å². The molecule has 0 amide bonds. The van der Waals surface area contributed by atoms with E-state index in [4.69, 9.17) is 26.1 Å². The van der Waals surface area contributed by atoms with E-state index < -0.39 is 17.6 Å². The van der Waals surface area contributed by atoms with Gasteiger partial charge in [-0.1, -0.05) is 17.7 Å². The van der Waals surface area contributed by atoms with Crippen LogP contribution in [0.15, 0.2) is 54.6 Å². The van der Waals surface area contributed by atoms with Crippen LogP contribution in [0.2, 0.25) is 5.02 Å². The molecular formula is C30H28ClF2N3O4. The highest BCUT2D eigenvalue weighted by Crippen LogP contribution is 2.31. The molecule has 0 aliphatic carbocycles. The molecular weight excluding hydrogens is 540 g/mol. The molecule has 2 fully saturated rings. The Kier molecular flexibility index (Phi) is 7.44. The average Bonchev–Trinajstić information content (AvgIpc) is 3.50. The molecule has 2 atom stereocenters. The van der Waals surface area contributed by atoms with Gasteiger partial charge in [0, 0.05) is 23.7 Å². The number of halogens is 3. The summed E-state index contributed by atoms with van der Waals surface area (Å²) in [6.07, 6.45) is 1.95. The summed E-state index contributed by atoms with van der Waals surface area (Å²) in [6.45, 7) is 3.48. The molecule has 2 aliphatic heterocycles. The predicted molar refractivity (Wildman–Crippen MR) is 146 cm³/mol. The average molecular weight is 568 g/mol. The Morgan fingerprint density at radius 1 is 1.10 bits per heavy atom. The summed E-state index contributed by atoms with van der Waals surface area (Å²) in [7, 11) is 0. The van der Waals surface area contributed by atoms with Crippen LogP contribution in [0.25, 0.3) is 11.0 Å². The zero-order chi connectivity index (χ0) is 27.8. The number of rotatable bonds is 9. The van der Waals surface area contributed by atoms with Crippen molar-refractivity contribution in [3.8, 4) is 5.75 Å². The fourth-order valence-corrected chi connectivity index (χ4v) is 5.58. The van der Waals surface area contributed by atoms with Gasteiger partial charge in [0.05, 0.1) is 35.8 Å². The summed E-state index contributed by atoms with van der Waals surface area (Å²) in [6, 6.07) is 14.2. The lowest BCUT2D eigenvalue weighted by atomic mass is 9.96. The van der Waals surface area contributed by atoms with Gasteiger partial charge >= 0.3 is 5.97 Å². The molecule has 1 aromatic heterocycles. The largest absolute Gasteiger partial charge is 0.486 e. The minimum Gasteiger partial charge on any atom is -0.486 e. The van der Waals surface area contributed by atoms with Crippen LogP contribution in [0.5, 0.6) is 5.75 Å². The van der Waals surface area contributed by atoms with Gasteiger partial charge in [0.25, 0.3) is 0 Å². The molecule has 0 saturated carbocycles. The van der Waals surface area contributed by atoms with Gasteiger partial charge in [0.15, 0.2) is 11.6 Å². The van der Waals surface area contributed by atoms with Crippen LogP contribution in [0.1, 0.15) is 46.1 Å². The molecule has 0 spiro atoms. The predicted octanol–water partition coefficient (Wildman–Crippen LogP) is 6.02.